The van der Waals surface area contributed by atoms with Gasteiger partial charge in [-0.15, -0.1) is 0 Å². The molecule has 1 aliphatic rings. The standard InChI is InChI=1S/C3H7BN2O/c5-2-1(4-2)3(6)7/h1-2,4H,5H2,(H2,6,7)/t1-,2?/m1/s1. The molecular weight excluding hydrogens is 90.9 g/mol. The van der Waals surface area contributed by atoms with Crippen LogP contribution in [0.1, 0.15) is 0 Å². The summed E-state index contributed by atoms with van der Waals surface area (Å²) in [5.74, 6) is -0.204. The van der Waals surface area contributed by atoms with Crippen LogP contribution in [-0.2, 0) is 4.79 Å². The second-order valence-corrected chi connectivity index (χ2v) is 1.91. The van der Waals surface area contributed by atoms with E-state index in [0.29, 0.717) is 0 Å². The van der Waals surface area contributed by atoms with Crippen LogP contribution < -0.4 is 11.5 Å². The molecule has 2 atom stereocenters. The SMILES string of the molecule is NC(=O)[C@@H]1BC1N. The monoisotopic (exact) mass is 98.1 g/mol. The molecule has 0 aromatic carbocycles. The van der Waals surface area contributed by atoms with E-state index in [1.807, 2.05) is 0 Å². The first-order chi connectivity index (χ1) is 3.22. The van der Waals surface area contributed by atoms with Gasteiger partial charge in [-0.05, 0) is 5.94 Å². The summed E-state index contributed by atoms with van der Waals surface area (Å²) in [7, 11) is 0.787. The van der Waals surface area contributed by atoms with E-state index in [4.69, 9.17) is 11.5 Å². The highest BCUT2D eigenvalue weighted by Crippen LogP contribution is 2.22. The van der Waals surface area contributed by atoms with Gasteiger partial charge in [0.05, 0.1) is 0 Å². The summed E-state index contributed by atoms with van der Waals surface area (Å²) in [5.41, 5.74) is 10.1. The summed E-state index contributed by atoms with van der Waals surface area (Å²) in [4.78, 5) is 10.1. The lowest BCUT2D eigenvalue weighted by Gasteiger charge is -1.83. The molecule has 4 heteroatoms. The molecule has 3 nitrogen and oxygen atoms in total. The third kappa shape index (κ3) is 0.744. The minimum absolute atomic E-state index is 0.0139. The zero-order chi connectivity index (χ0) is 5.44. The van der Waals surface area contributed by atoms with Crippen molar-refractivity contribution in [1.82, 2.24) is 0 Å². The van der Waals surface area contributed by atoms with Gasteiger partial charge in [0, 0.05) is 5.82 Å². The Morgan fingerprint density at radius 1 is 1.71 bits per heavy atom. The van der Waals surface area contributed by atoms with Crippen molar-refractivity contribution >= 4 is 13.2 Å². The molecule has 0 spiro atoms. The maximum atomic E-state index is 10.1. The summed E-state index contributed by atoms with van der Waals surface area (Å²) in [6, 6.07) is 0. The molecule has 1 rings (SSSR count). The van der Waals surface area contributed by atoms with Gasteiger partial charge in [0.15, 0.2) is 7.28 Å². The molecule has 4 N–H and O–H groups in total. The van der Waals surface area contributed by atoms with Crippen molar-refractivity contribution in [2.24, 2.45) is 11.5 Å². The molecular formula is C3H7BN2O. The summed E-state index contributed by atoms with van der Waals surface area (Å²) in [5, 5.41) is 0. The second-order valence-electron chi connectivity index (χ2n) is 1.91. The fraction of sp³-hybridized carbons (Fsp3) is 0.667. The van der Waals surface area contributed by atoms with Gasteiger partial charge in [-0.3, -0.25) is 4.79 Å². The zero-order valence-corrected chi connectivity index (χ0v) is 3.92. The molecule has 0 aromatic rings. The molecule has 1 heterocycles. The van der Waals surface area contributed by atoms with Crippen molar-refractivity contribution in [2.45, 2.75) is 11.8 Å². The maximum absolute atomic E-state index is 10.1. The largest absolute Gasteiger partial charge is 0.370 e. The highest BCUT2D eigenvalue weighted by Gasteiger charge is 2.40. The quantitative estimate of drug-likeness (QED) is 0.372. The van der Waals surface area contributed by atoms with Gasteiger partial charge in [0.25, 0.3) is 0 Å². The van der Waals surface area contributed by atoms with Gasteiger partial charge in [0.2, 0.25) is 5.91 Å². The van der Waals surface area contributed by atoms with Crippen LogP contribution >= 0.6 is 0 Å². The molecule has 7 heavy (non-hydrogen) atoms. The number of hydrogen-bond donors (Lipinski definition) is 2. The van der Waals surface area contributed by atoms with Crippen molar-refractivity contribution in [3.63, 3.8) is 0 Å². The van der Waals surface area contributed by atoms with Crippen LogP contribution in [0.3, 0.4) is 0 Å². The third-order valence-corrected chi connectivity index (χ3v) is 1.21. The van der Waals surface area contributed by atoms with E-state index in [1.54, 1.807) is 0 Å². The van der Waals surface area contributed by atoms with Crippen LogP contribution in [0.4, 0.5) is 0 Å². The van der Waals surface area contributed by atoms with Crippen molar-refractivity contribution < 1.29 is 4.79 Å². The molecule has 1 saturated heterocycles. The lowest BCUT2D eigenvalue weighted by molar-refractivity contribution is -0.117. The Balaban J connectivity index is 2.33. The number of amides is 1. The van der Waals surface area contributed by atoms with Gasteiger partial charge >= 0.3 is 0 Å². The third-order valence-electron chi connectivity index (χ3n) is 1.21. The topological polar surface area (TPSA) is 69.1 Å². The highest BCUT2D eigenvalue weighted by molar-refractivity contribution is 6.60. The Bertz CT molecular complexity index is 105. The molecule has 1 amide bonds. The van der Waals surface area contributed by atoms with Gasteiger partial charge in [0.1, 0.15) is 0 Å². The van der Waals surface area contributed by atoms with E-state index in [9.17, 15) is 4.79 Å². The molecule has 38 valence electrons. The highest BCUT2D eigenvalue weighted by atomic mass is 16.1. The Hall–Kier alpha value is -0.505. The normalized spacial score (nSPS) is 36.7. The fourth-order valence-electron chi connectivity index (χ4n) is 0.542. The minimum Gasteiger partial charge on any atom is -0.370 e. The van der Waals surface area contributed by atoms with Gasteiger partial charge < -0.3 is 11.5 Å². The average molecular weight is 97.9 g/mol. The summed E-state index contributed by atoms with van der Waals surface area (Å²) in [6.07, 6.45) is 0. The van der Waals surface area contributed by atoms with E-state index >= 15 is 0 Å². The summed E-state index contributed by atoms with van der Waals surface area (Å²) in [6.45, 7) is 0. The predicted molar refractivity (Wildman–Crippen MR) is 28.1 cm³/mol. The predicted octanol–water partition coefficient (Wildman–Crippen LogP) is -2.00. The summed E-state index contributed by atoms with van der Waals surface area (Å²) < 4.78 is 0. The second kappa shape index (κ2) is 1.23. The molecule has 0 saturated carbocycles. The van der Waals surface area contributed by atoms with Crippen LogP contribution in [0.2, 0.25) is 5.82 Å². The van der Waals surface area contributed by atoms with E-state index in [2.05, 4.69) is 0 Å². The smallest absolute Gasteiger partial charge is 0.213 e. The molecule has 0 aromatic heterocycles. The number of nitrogens with two attached hydrogens (primary N) is 2. The Morgan fingerprint density at radius 3 is 2.14 bits per heavy atom. The van der Waals surface area contributed by atoms with Crippen molar-refractivity contribution in [3.8, 4) is 0 Å². The number of carbonyl (C=O) groups excluding carboxylic acids is 1. The van der Waals surface area contributed by atoms with E-state index < -0.39 is 0 Å². The van der Waals surface area contributed by atoms with Gasteiger partial charge in [-0.25, -0.2) is 0 Å². The van der Waals surface area contributed by atoms with Gasteiger partial charge in [-0.1, -0.05) is 0 Å². The van der Waals surface area contributed by atoms with Crippen LogP contribution in [0.25, 0.3) is 0 Å². The number of primary amides is 1. The fourth-order valence-corrected chi connectivity index (χ4v) is 0.542. The van der Waals surface area contributed by atoms with Crippen molar-refractivity contribution in [3.05, 3.63) is 0 Å². The van der Waals surface area contributed by atoms with E-state index in [-0.39, 0.29) is 17.7 Å². The molecule has 0 bridgehead atoms. The molecule has 1 unspecified atom stereocenters. The minimum atomic E-state index is -0.257. The number of rotatable bonds is 1. The van der Waals surface area contributed by atoms with Gasteiger partial charge in [-0.2, -0.15) is 0 Å². The molecule has 0 radical (unpaired) electrons. The Morgan fingerprint density at radius 2 is 2.14 bits per heavy atom. The van der Waals surface area contributed by atoms with Crippen molar-refractivity contribution in [1.29, 1.82) is 0 Å². The molecule has 1 aliphatic heterocycles. The Kier molecular flexibility index (Phi) is 0.818. The average Bonchev–Trinajstić information content (AvgIpc) is 2.17. The van der Waals surface area contributed by atoms with E-state index in [0.717, 1.165) is 7.28 Å². The zero-order valence-electron chi connectivity index (χ0n) is 3.92. The maximum Gasteiger partial charge on any atom is 0.213 e. The first-order valence-electron chi connectivity index (χ1n) is 2.26. The van der Waals surface area contributed by atoms with Crippen LogP contribution in [-0.4, -0.2) is 19.1 Å². The number of carbonyl (C=O) groups is 1. The summed E-state index contributed by atoms with van der Waals surface area (Å²) >= 11 is 0. The number of hydrogen-bond acceptors (Lipinski definition) is 2. The van der Waals surface area contributed by atoms with Crippen LogP contribution in [0.5, 0.6) is 0 Å². The molecule has 0 aliphatic carbocycles. The Labute approximate surface area is 42.3 Å². The lowest BCUT2D eigenvalue weighted by Crippen LogP contribution is -2.14. The van der Waals surface area contributed by atoms with E-state index in [1.165, 1.54) is 0 Å². The lowest BCUT2D eigenvalue weighted by atomic mass is 10.0. The van der Waals surface area contributed by atoms with Crippen molar-refractivity contribution in [2.75, 3.05) is 0 Å². The molecule has 1 fully saturated rings. The first-order valence-corrected chi connectivity index (χ1v) is 2.26. The van der Waals surface area contributed by atoms with Crippen LogP contribution in [0, 0.1) is 0 Å². The van der Waals surface area contributed by atoms with Crippen LogP contribution in [0.15, 0.2) is 0 Å². The first kappa shape index (κ1) is 4.65.